The number of rotatable bonds is 10. The van der Waals surface area contributed by atoms with Gasteiger partial charge in [-0.15, -0.1) is 28.1 Å². The molecule has 7 nitrogen and oxygen atoms in total. The van der Waals surface area contributed by atoms with Gasteiger partial charge in [0.25, 0.3) is 0 Å². The zero-order chi connectivity index (χ0) is 23.0. The second-order valence-electron chi connectivity index (χ2n) is 7.57. The SMILES string of the molecule is C=CCn1c(COc2ccccc2)nnc1SCCC(=O)Nc1sc2c(c1C#N)CCCC2. The van der Waals surface area contributed by atoms with E-state index in [-0.39, 0.29) is 5.91 Å². The third kappa shape index (κ3) is 5.64. The molecule has 1 aliphatic carbocycles. The predicted octanol–water partition coefficient (Wildman–Crippen LogP) is 4.98. The van der Waals surface area contributed by atoms with Crippen LogP contribution in [0, 0.1) is 11.3 Å². The van der Waals surface area contributed by atoms with E-state index in [4.69, 9.17) is 4.74 Å². The number of ether oxygens (including phenoxy) is 1. The van der Waals surface area contributed by atoms with Gasteiger partial charge in [0.05, 0.1) is 5.56 Å². The number of thiophene rings is 1. The van der Waals surface area contributed by atoms with Gasteiger partial charge in [0.1, 0.15) is 23.4 Å². The predicted molar refractivity (Wildman–Crippen MR) is 131 cm³/mol. The van der Waals surface area contributed by atoms with Crippen LogP contribution < -0.4 is 10.1 Å². The van der Waals surface area contributed by atoms with Gasteiger partial charge in [0.2, 0.25) is 5.91 Å². The second-order valence-corrected chi connectivity index (χ2v) is 9.74. The average molecular weight is 480 g/mol. The summed E-state index contributed by atoms with van der Waals surface area (Å²) in [5, 5.41) is 22.5. The van der Waals surface area contributed by atoms with E-state index in [0.29, 0.717) is 41.7 Å². The number of aromatic nitrogens is 3. The lowest BCUT2D eigenvalue weighted by Crippen LogP contribution is -2.12. The van der Waals surface area contributed by atoms with Crippen LogP contribution in [0.5, 0.6) is 5.75 Å². The van der Waals surface area contributed by atoms with Crippen LogP contribution in [-0.2, 0) is 30.8 Å². The molecular weight excluding hydrogens is 454 g/mol. The fraction of sp³-hybridized carbons (Fsp3) is 0.333. The van der Waals surface area contributed by atoms with E-state index in [9.17, 15) is 10.1 Å². The Morgan fingerprint density at radius 3 is 2.91 bits per heavy atom. The molecule has 4 rings (SSSR count). The molecular formula is C24H25N5O2S2. The molecule has 0 atom stereocenters. The summed E-state index contributed by atoms with van der Waals surface area (Å²) in [4.78, 5) is 13.8. The Hall–Kier alpha value is -3.09. The highest BCUT2D eigenvalue weighted by atomic mass is 32.2. The minimum Gasteiger partial charge on any atom is -0.486 e. The number of carbonyl (C=O) groups excluding carboxylic acids is 1. The summed E-state index contributed by atoms with van der Waals surface area (Å²) in [5.41, 5.74) is 1.77. The first-order valence-electron chi connectivity index (χ1n) is 10.9. The number of amides is 1. The molecule has 0 unspecified atom stereocenters. The first-order chi connectivity index (χ1) is 16.2. The van der Waals surface area contributed by atoms with Gasteiger partial charge in [-0.3, -0.25) is 9.36 Å². The average Bonchev–Trinajstić information content (AvgIpc) is 3.38. The molecule has 3 aromatic rings. The monoisotopic (exact) mass is 479 g/mol. The molecule has 2 heterocycles. The number of fused-ring (bicyclic) bond motifs is 1. The molecule has 0 fully saturated rings. The molecule has 1 N–H and O–H groups in total. The maximum absolute atomic E-state index is 12.6. The first-order valence-corrected chi connectivity index (χ1v) is 12.7. The number of hydrogen-bond acceptors (Lipinski definition) is 7. The van der Waals surface area contributed by atoms with Crippen molar-refractivity contribution in [3.63, 3.8) is 0 Å². The Bertz CT molecular complexity index is 1160. The van der Waals surface area contributed by atoms with Gasteiger partial charge in [0.15, 0.2) is 11.0 Å². The number of allylic oxidation sites excluding steroid dienone is 1. The Morgan fingerprint density at radius 1 is 1.30 bits per heavy atom. The van der Waals surface area contributed by atoms with Crippen molar-refractivity contribution >= 4 is 34.0 Å². The van der Waals surface area contributed by atoms with Crippen molar-refractivity contribution in [1.29, 1.82) is 5.26 Å². The molecule has 9 heteroatoms. The Kier molecular flexibility index (Phi) is 7.81. The summed E-state index contributed by atoms with van der Waals surface area (Å²) < 4.78 is 7.75. The van der Waals surface area contributed by atoms with Crippen molar-refractivity contribution in [1.82, 2.24) is 14.8 Å². The number of thioether (sulfide) groups is 1. The summed E-state index contributed by atoms with van der Waals surface area (Å²) in [7, 11) is 0. The van der Waals surface area contributed by atoms with Gasteiger partial charge < -0.3 is 10.1 Å². The number of anilines is 1. The minimum absolute atomic E-state index is 0.0972. The van der Waals surface area contributed by atoms with Gasteiger partial charge >= 0.3 is 0 Å². The number of aryl methyl sites for hydroxylation is 1. The third-order valence-corrected chi connectivity index (χ3v) is 7.49. The highest BCUT2D eigenvalue weighted by molar-refractivity contribution is 7.99. The number of para-hydroxylation sites is 1. The number of nitriles is 1. The van der Waals surface area contributed by atoms with Crippen molar-refractivity contribution in [2.45, 2.75) is 50.4 Å². The molecule has 170 valence electrons. The number of hydrogen-bond donors (Lipinski definition) is 1. The van der Waals surface area contributed by atoms with Crippen molar-refractivity contribution in [2.24, 2.45) is 0 Å². The number of benzene rings is 1. The smallest absolute Gasteiger partial charge is 0.225 e. The standard InChI is InChI=1S/C24H25N5O2S2/c1-2-13-29-21(16-31-17-8-4-3-5-9-17)27-28-24(29)32-14-12-22(30)26-23-19(15-25)18-10-6-7-11-20(18)33-23/h2-5,8-9H,1,6-7,10-14,16H2,(H,26,30). The molecule has 0 radical (unpaired) electrons. The second kappa shape index (κ2) is 11.2. The number of nitrogens with one attached hydrogen (secondary N) is 1. The molecule has 33 heavy (non-hydrogen) atoms. The maximum atomic E-state index is 12.6. The zero-order valence-corrected chi connectivity index (χ0v) is 19.9. The molecule has 0 saturated carbocycles. The van der Waals surface area contributed by atoms with Gasteiger partial charge in [-0.25, -0.2) is 0 Å². The van der Waals surface area contributed by atoms with Crippen molar-refractivity contribution in [3.8, 4) is 11.8 Å². The van der Waals surface area contributed by atoms with E-state index in [1.165, 1.54) is 16.6 Å². The maximum Gasteiger partial charge on any atom is 0.225 e. The third-order valence-electron chi connectivity index (χ3n) is 5.31. The van der Waals surface area contributed by atoms with E-state index < -0.39 is 0 Å². The van der Waals surface area contributed by atoms with E-state index in [2.05, 4.69) is 28.2 Å². The highest BCUT2D eigenvalue weighted by Gasteiger charge is 2.22. The summed E-state index contributed by atoms with van der Waals surface area (Å²) in [5.74, 6) is 1.92. The Morgan fingerprint density at radius 2 is 2.12 bits per heavy atom. The molecule has 1 aliphatic rings. The van der Waals surface area contributed by atoms with E-state index >= 15 is 0 Å². The molecule has 1 amide bonds. The lowest BCUT2D eigenvalue weighted by molar-refractivity contribution is -0.115. The zero-order valence-electron chi connectivity index (χ0n) is 18.2. The van der Waals surface area contributed by atoms with Crippen molar-refractivity contribution in [2.75, 3.05) is 11.1 Å². The normalized spacial score (nSPS) is 12.6. The van der Waals surface area contributed by atoms with Crippen LogP contribution in [0.4, 0.5) is 5.00 Å². The van der Waals surface area contributed by atoms with Crippen LogP contribution in [0.25, 0.3) is 0 Å². The molecule has 0 aliphatic heterocycles. The van der Waals surface area contributed by atoms with Gasteiger partial charge in [-0.05, 0) is 43.4 Å². The van der Waals surface area contributed by atoms with Crippen LogP contribution in [0.3, 0.4) is 0 Å². The number of carbonyl (C=O) groups is 1. The van der Waals surface area contributed by atoms with Gasteiger partial charge in [-0.2, -0.15) is 5.26 Å². The van der Waals surface area contributed by atoms with Crippen LogP contribution in [0.2, 0.25) is 0 Å². The summed E-state index contributed by atoms with van der Waals surface area (Å²) in [6.45, 7) is 4.67. The molecule has 0 saturated heterocycles. The highest BCUT2D eigenvalue weighted by Crippen LogP contribution is 2.37. The van der Waals surface area contributed by atoms with Crippen LogP contribution in [-0.4, -0.2) is 26.4 Å². The van der Waals surface area contributed by atoms with Gasteiger partial charge in [-0.1, -0.05) is 36.0 Å². The largest absolute Gasteiger partial charge is 0.486 e. The van der Waals surface area contributed by atoms with E-state index in [1.54, 1.807) is 17.4 Å². The Labute approximate surface area is 201 Å². The minimum atomic E-state index is -0.0972. The molecule has 0 spiro atoms. The van der Waals surface area contributed by atoms with E-state index in [1.807, 2.05) is 34.9 Å². The summed E-state index contributed by atoms with van der Waals surface area (Å²) in [6.07, 6.45) is 6.27. The van der Waals surface area contributed by atoms with Crippen LogP contribution in [0.1, 0.15) is 41.1 Å². The summed E-state index contributed by atoms with van der Waals surface area (Å²) in [6, 6.07) is 11.8. The topological polar surface area (TPSA) is 92.8 Å². The molecule has 1 aromatic carbocycles. The molecule has 2 aromatic heterocycles. The number of nitrogens with zero attached hydrogens (tertiary/aromatic N) is 4. The molecule has 0 bridgehead atoms. The van der Waals surface area contributed by atoms with Crippen molar-refractivity contribution in [3.05, 3.63) is 64.8 Å². The summed E-state index contributed by atoms with van der Waals surface area (Å²) >= 11 is 3.02. The quantitative estimate of drug-likeness (QED) is 0.326. The Balaban J connectivity index is 1.33. The lowest BCUT2D eigenvalue weighted by atomic mass is 9.96. The van der Waals surface area contributed by atoms with Crippen LogP contribution >= 0.6 is 23.1 Å². The van der Waals surface area contributed by atoms with E-state index in [0.717, 1.165) is 42.2 Å². The van der Waals surface area contributed by atoms with Crippen molar-refractivity contribution < 1.29 is 9.53 Å². The fourth-order valence-corrected chi connectivity index (χ4v) is 5.87. The van der Waals surface area contributed by atoms with Gasteiger partial charge in [0, 0.05) is 23.6 Å². The van der Waals surface area contributed by atoms with Crippen LogP contribution in [0.15, 0.2) is 48.1 Å². The fourth-order valence-electron chi connectivity index (χ4n) is 3.71. The lowest BCUT2D eigenvalue weighted by Gasteiger charge is -2.09. The first kappa shape index (κ1) is 23.1.